The van der Waals surface area contributed by atoms with E-state index < -0.39 is 13.6 Å². The van der Waals surface area contributed by atoms with Gasteiger partial charge in [0, 0.05) is 0 Å². The van der Waals surface area contributed by atoms with Crippen molar-refractivity contribution in [1.82, 2.24) is 5.34 Å². The van der Waals surface area contributed by atoms with Crippen LogP contribution < -0.4 is 9.91 Å². The van der Waals surface area contributed by atoms with E-state index in [0.29, 0.717) is 5.34 Å². The average molecular weight is 248 g/mol. The number of methoxy groups -OCH3 is 1. The minimum absolute atomic E-state index is 0.0189. The molecule has 86 valence electrons. The Morgan fingerprint density at radius 1 is 1.38 bits per heavy atom. The predicted octanol–water partition coefficient (Wildman–Crippen LogP) is 1.79. The van der Waals surface area contributed by atoms with Gasteiger partial charge in [-0.3, -0.25) is 0 Å². The number of anilines is 1. The van der Waals surface area contributed by atoms with E-state index in [4.69, 9.17) is 9.36 Å². The molecular weight excluding hydrogens is 242 g/mol. The minimum Gasteiger partial charge on any atom is -0.494 e. The number of fused-ring (bicyclic) bond motifs is 1. The summed E-state index contributed by atoms with van der Waals surface area (Å²) in [6.45, 7) is 0. The van der Waals surface area contributed by atoms with Crippen LogP contribution in [-0.2, 0) is 18.4 Å². The molecule has 2 bridgehead atoms. The van der Waals surface area contributed by atoms with Crippen LogP contribution >= 0.6 is 7.82 Å². The van der Waals surface area contributed by atoms with E-state index in [0.717, 1.165) is 5.17 Å². The molecular formula is C7H6FN2O5P. The molecule has 0 radical (unpaired) electrons. The van der Waals surface area contributed by atoms with Crippen LogP contribution in [0.2, 0.25) is 0 Å². The zero-order chi connectivity index (χ0) is 11.3. The van der Waals surface area contributed by atoms with Crippen LogP contribution in [0.4, 0.5) is 10.1 Å². The topological polar surface area (TPSA) is 60.5 Å². The Hall–Kier alpha value is -1.18. The molecule has 1 aromatic carbocycles. The number of ether oxygens (including phenoxy) is 1. The fraction of sp³-hybridized carbons (Fsp3) is 0.143. The lowest BCUT2D eigenvalue weighted by Crippen LogP contribution is -2.34. The average Bonchev–Trinajstić information content (AvgIpc) is 2.71. The Morgan fingerprint density at radius 2 is 2.12 bits per heavy atom. The lowest BCUT2D eigenvalue weighted by molar-refractivity contribution is -0.318. The molecule has 16 heavy (non-hydrogen) atoms. The second kappa shape index (κ2) is 3.16. The molecule has 0 aromatic heterocycles. The molecule has 3 heterocycles. The molecule has 9 heteroatoms. The van der Waals surface area contributed by atoms with Gasteiger partial charge in [0.05, 0.1) is 12.4 Å². The second-order valence-electron chi connectivity index (χ2n) is 3.00. The highest BCUT2D eigenvalue weighted by molar-refractivity contribution is 7.49. The standard InChI is InChI=1S/C7H6FN2O5P/c1-12-6-4-2-3-5(7(6)8)9-10-14-16(11,13-9)15-10/h2-4H,1H3. The monoisotopic (exact) mass is 248 g/mol. The Balaban J connectivity index is 1.99. The van der Waals surface area contributed by atoms with Crippen LogP contribution in [0.3, 0.4) is 0 Å². The fourth-order valence-electron chi connectivity index (χ4n) is 1.33. The van der Waals surface area contributed by atoms with Gasteiger partial charge < -0.3 is 4.74 Å². The van der Waals surface area contributed by atoms with Gasteiger partial charge >= 0.3 is 7.82 Å². The Bertz CT molecular complexity index is 488. The van der Waals surface area contributed by atoms with Crippen molar-refractivity contribution < 1.29 is 27.6 Å². The maximum absolute atomic E-state index is 13.8. The molecule has 0 N–H and O–H groups in total. The van der Waals surface area contributed by atoms with Crippen molar-refractivity contribution in [2.45, 2.75) is 0 Å². The Kier molecular flexibility index (Phi) is 1.97. The SMILES string of the molecule is COc1cccc(N2OP3(=O)ON2O3)c1F. The lowest BCUT2D eigenvalue weighted by Gasteiger charge is -2.21. The summed E-state index contributed by atoms with van der Waals surface area (Å²) in [4.78, 5) is 0. The number of hydrogen-bond acceptors (Lipinski definition) is 7. The van der Waals surface area contributed by atoms with Gasteiger partial charge in [0.15, 0.2) is 11.6 Å². The highest BCUT2D eigenvalue weighted by Gasteiger charge is 2.60. The molecule has 0 unspecified atom stereocenters. The lowest BCUT2D eigenvalue weighted by atomic mass is 10.3. The van der Waals surface area contributed by atoms with E-state index in [2.05, 4.69) is 9.25 Å². The molecule has 3 fully saturated rings. The third-order valence-corrected chi connectivity index (χ3v) is 3.07. The second-order valence-corrected chi connectivity index (χ2v) is 4.38. The first-order valence-electron chi connectivity index (χ1n) is 4.25. The van der Waals surface area contributed by atoms with Gasteiger partial charge in [0.2, 0.25) is 0 Å². The van der Waals surface area contributed by atoms with Gasteiger partial charge in [-0.05, 0) is 12.1 Å². The molecule has 3 aliphatic heterocycles. The van der Waals surface area contributed by atoms with Gasteiger partial charge in [-0.15, -0.1) is 19.0 Å². The third kappa shape index (κ3) is 1.25. The predicted molar refractivity (Wildman–Crippen MR) is 48.1 cm³/mol. The molecule has 7 nitrogen and oxygen atoms in total. The van der Waals surface area contributed by atoms with Gasteiger partial charge in [-0.1, -0.05) is 6.07 Å². The number of hydrogen-bond donors (Lipinski definition) is 0. The molecule has 0 atom stereocenters. The van der Waals surface area contributed by atoms with E-state index in [1.54, 1.807) is 6.07 Å². The first kappa shape index (κ1) is 10.0. The van der Waals surface area contributed by atoms with E-state index in [1.165, 1.54) is 19.2 Å². The normalized spacial score (nSPS) is 31.4. The van der Waals surface area contributed by atoms with E-state index in [9.17, 15) is 8.96 Å². The number of phosphoric acid groups is 1. The summed E-state index contributed by atoms with van der Waals surface area (Å²) in [6.07, 6.45) is 0. The number of hydrazine groups is 1. The highest BCUT2D eigenvalue weighted by Crippen LogP contribution is 2.67. The van der Waals surface area contributed by atoms with Crippen LogP contribution in [0.1, 0.15) is 0 Å². The summed E-state index contributed by atoms with van der Waals surface area (Å²) in [5.41, 5.74) is -0.0189. The van der Waals surface area contributed by atoms with E-state index in [-0.39, 0.29) is 11.4 Å². The largest absolute Gasteiger partial charge is 0.538 e. The Morgan fingerprint density at radius 3 is 2.69 bits per heavy atom. The zero-order valence-electron chi connectivity index (χ0n) is 7.99. The molecule has 3 aliphatic rings. The number of rotatable bonds is 2. The van der Waals surface area contributed by atoms with Gasteiger partial charge in [0.25, 0.3) is 0 Å². The maximum Gasteiger partial charge on any atom is 0.538 e. The third-order valence-electron chi connectivity index (χ3n) is 2.03. The van der Waals surface area contributed by atoms with Gasteiger partial charge in [-0.25, -0.2) is 8.96 Å². The first-order chi connectivity index (χ1) is 7.63. The summed E-state index contributed by atoms with van der Waals surface area (Å²) in [6, 6.07) is 4.39. The highest BCUT2D eigenvalue weighted by atomic mass is 31.2. The summed E-state index contributed by atoms with van der Waals surface area (Å²) >= 11 is 0. The molecule has 3 saturated heterocycles. The number of benzene rings is 1. The van der Waals surface area contributed by atoms with Crippen molar-refractivity contribution in [3.05, 3.63) is 24.0 Å². The molecule has 0 aliphatic carbocycles. The summed E-state index contributed by atoms with van der Waals surface area (Å²) in [5, 5.41) is 1.51. The minimum atomic E-state index is -3.52. The van der Waals surface area contributed by atoms with E-state index in [1.807, 2.05) is 0 Å². The molecule has 0 saturated carbocycles. The van der Waals surface area contributed by atoms with Crippen molar-refractivity contribution in [2.75, 3.05) is 12.3 Å². The summed E-state index contributed by atoms with van der Waals surface area (Å²) in [7, 11) is -2.18. The maximum atomic E-state index is 13.8. The van der Waals surface area contributed by atoms with Crippen LogP contribution in [0.25, 0.3) is 0 Å². The molecule has 1 aromatic rings. The smallest absolute Gasteiger partial charge is 0.494 e. The molecule has 4 rings (SSSR count). The van der Waals surface area contributed by atoms with Crippen molar-refractivity contribution in [3.8, 4) is 5.75 Å². The van der Waals surface area contributed by atoms with Crippen LogP contribution in [0.5, 0.6) is 5.75 Å². The van der Waals surface area contributed by atoms with Crippen molar-refractivity contribution in [3.63, 3.8) is 0 Å². The van der Waals surface area contributed by atoms with Crippen LogP contribution in [0.15, 0.2) is 18.2 Å². The number of nitrogens with zero attached hydrogens (tertiary/aromatic N) is 2. The van der Waals surface area contributed by atoms with Gasteiger partial charge in [-0.2, -0.15) is 0 Å². The first-order valence-corrected chi connectivity index (χ1v) is 5.71. The van der Waals surface area contributed by atoms with Crippen molar-refractivity contribution >= 4 is 13.5 Å². The van der Waals surface area contributed by atoms with Crippen molar-refractivity contribution in [2.24, 2.45) is 0 Å². The number of halogens is 1. The van der Waals surface area contributed by atoms with Gasteiger partial charge in [0.1, 0.15) is 5.69 Å². The molecule has 0 amide bonds. The van der Waals surface area contributed by atoms with E-state index >= 15 is 0 Å². The summed E-state index contributed by atoms with van der Waals surface area (Å²) in [5.74, 6) is -0.637. The molecule has 0 spiro atoms. The zero-order valence-corrected chi connectivity index (χ0v) is 8.89. The fourth-order valence-corrected chi connectivity index (χ4v) is 2.22. The summed E-state index contributed by atoms with van der Waals surface area (Å²) < 4.78 is 43.7. The Labute approximate surface area is 89.3 Å². The van der Waals surface area contributed by atoms with Crippen LogP contribution in [-0.4, -0.2) is 12.4 Å². The van der Waals surface area contributed by atoms with Crippen LogP contribution in [0, 0.1) is 5.82 Å². The quantitative estimate of drug-likeness (QED) is 0.739. The van der Waals surface area contributed by atoms with Crippen molar-refractivity contribution in [1.29, 1.82) is 0 Å².